The van der Waals surface area contributed by atoms with Gasteiger partial charge in [0.1, 0.15) is 6.54 Å². The molecule has 2 N–H and O–H groups in total. The number of hydrogen-bond acceptors (Lipinski definition) is 2. The van der Waals surface area contributed by atoms with E-state index in [1.165, 1.54) is 0 Å². The fourth-order valence-corrected chi connectivity index (χ4v) is 2.54. The molecule has 0 bridgehead atoms. The van der Waals surface area contributed by atoms with Crippen LogP contribution in [0.25, 0.3) is 0 Å². The van der Waals surface area contributed by atoms with Crippen molar-refractivity contribution in [1.29, 1.82) is 0 Å². The van der Waals surface area contributed by atoms with Gasteiger partial charge in [-0.05, 0) is 38.2 Å². The fourth-order valence-electron chi connectivity index (χ4n) is 2.54. The zero-order valence-corrected chi connectivity index (χ0v) is 9.85. The SMILES string of the molecule is O=C(Cn1ccc2c1CCCC2O)NC1CC1. The van der Waals surface area contributed by atoms with Gasteiger partial charge in [0, 0.05) is 23.5 Å². The van der Waals surface area contributed by atoms with E-state index in [0.29, 0.717) is 12.6 Å². The molecule has 1 fully saturated rings. The molecule has 2 aliphatic carbocycles. The number of nitrogens with zero attached hydrogens (tertiary/aromatic N) is 1. The van der Waals surface area contributed by atoms with Gasteiger partial charge in [0.25, 0.3) is 0 Å². The first kappa shape index (κ1) is 10.8. The minimum absolute atomic E-state index is 0.0889. The van der Waals surface area contributed by atoms with E-state index in [0.717, 1.165) is 43.4 Å². The third-order valence-electron chi connectivity index (χ3n) is 3.62. The first-order valence-electron chi connectivity index (χ1n) is 6.39. The number of rotatable bonds is 3. The van der Waals surface area contributed by atoms with Crippen LogP contribution in [-0.4, -0.2) is 21.6 Å². The van der Waals surface area contributed by atoms with Crippen LogP contribution in [0.2, 0.25) is 0 Å². The van der Waals surface area contributed by atoms with E-state index in [1.54, 1.807) is 0 Å². The Hall–Kier alpha value is -1.29. The van der Waals surface area contributed by atoms with Crippen molar-refractivity contribution in [1.82, 2.24) is 9.88 Å². The lowest BCUT2D eigenvalue weighted by Crippen LogP contribution is -2.30. The highest BCUT2D eigenvalue weighted by molar-refractivity contribution is 5.76. The van der Waals surface area contributed by atoms with Gasteiger partial charge in [0.05, 0.1) is 6.10 Å². The van der Waals surface area contributed by atoms with Crippen molar-refractivity contribution in [2.45, 2.75) is 50.8 Å². The molecule has 4 heteroatoms. The summed E-state index contributed by atoms with van der Waals surface area (Å²) < 4.78 is 1.98. The lowest BCUT2D eigenvalue weighted by Gasteiger charge is -2.20. The van der Waals surface area contributed by atoms with Gasteiger partial charge in [-0.1, -0.05) is 0 Å². The number of aromatic nitrogens is 1. The molecule has 0 radical (unpaired) electrons. The lowest BCUT2D eigenvalue weighted by molar-refractivity contribution is -0.121. The van der Waals surface area contributed by atoms with Crippen LogP contribution in [-0.2, 0) is 17.8 Å². The van der Waals surface area contributed by atoms with Crippen LogP contribution >= 0.6 is 0 Å². The van der Waals surface area contributed by atoms with Gasteiger partial charge in [-0.3, -0.25) is 4.79 Å². The number of aliphatic hydroxyl groups is 1. The Morgan fingerprint density at radius 1 is 1.47 bits per heavy atom. The van der Waals surface area contributed by atoms with E-state index in [4.69, 9.17) is 0 Å². The molecule has 0 spiro atoms. The summed E-state index contributed by atoms with van der Waals surface area (Å²) in [6.45, 7) is 0.387. The predicted octanol–water partition coefficient (Wildman–Crippen LogP) is 1.14. The topological polar surface area (TPSA) is 54.3 Å². The zero-order valence-electron chi connectivity index (χ0n) is 9.85. The van der Waals surface area contributed by atoms with E-state index in [-0.39, 0.29) is 12.0 Å². The lowest BCUT2D eigenvalue weighted by atomic mass is 9.95. The number of fused-ring (bicyclic) bond motifs is 1. The molecule has 0 saturated heterocycles. The number of aliphatic hydroxyl groups excluding tert-OH is 1. The highest BCUT2D eigenvalue weighted by Crippen LogP contribution is 2.30. The minimum atomic E-state index is -0.341. The van der Waals surface area contributed by atoms with E-state index < -0.39 is 0 Å². The molecule has 0 aliphatic heterocycles. The average Bonchev–Trinajstić information content (AvgIpc) is 3.00. The van der Waals surface area contributed by atoms with Gasteiger partial charge in [-0.25, -0.2) is 0 Å². The summed E-state index contributed by atoms with van der Waals surface area (Å²) in [6, 6.07) is 2.36. The average molecular weight is 234 g/mol. The van der Waals surface area contributed by atoms with Crippen molar-refractivity contribution >= 4 is 5.91 Å². The van der Waals surface area contributed by atoms with Crippen LogP contribution in [0, 0.1) is 0 Å². The molecule has 1 aromatic rings. The second kappa shape index (κ2) is 4.18. The number of hydrogen-bond donors (Lipinski definition) is 2. The number of carbonyl (C=O) groups is 1. The number of amides is 1. The monoisotopic (exact) mass is 234 g/mol. The Labute approximate surface area is 101 Å². The van der Waals surface area contributed by atoms with Crippen LogP contribution in [0.15, 0.2) is 12.3 Å². The Balaban J connectivity index is 1.72. The predicted molar refractivity (Wildman–Crippen MR) is 63.5 cm³/mol. The van der Waals surface area contributed by atoms with Crippen molar-refractivity contribution in [2.75, 3.05) is 0 Å². The molecule has 2 aliphatic rings. The highest BCUT2D eigenvalue weighted by atomic mass is 16.3. The van der Waals surface area contributed by atoms with Gasteiger partial charge in [0.15, 0.2) is 0 Å². The maximum absolute atomic E-state index is 11.7. The summed E-state index contributed by atoms with van der Waals surface area (Å²) in [7, 11) is 0. The summed E-state index contributed by atoms with van der Waals surface area (Å²) in [4.78, 5) is 11.7. The Bertz CT molecular complexity index is 435. The Morgan fingerprint density at radius 2 is 2.29 bits per heavy atom. The van der Waals surface area contributed by atoms with Crippen LogP contribution < -0.4 is 5.32 Å². The molecule has 1 unspecified atom stereocenters. The molecule has 1 heterocycles. The second-order valence-electron chi connectivity index (χ2n) is 5.10. The molecule has 1 amide bonds. The summed E-state index contributed by atoms with van der Waals surface area (Å²) in [5.74, 6) is 0.0889. The maximum atomic E-state index is 11.7. The van der Waals surface area contributed by atoms with Crippen LogP contribution in [0.4, 0.5) is 0 Å². The van der Waals surface area contributed by atoms with E-state index >= 15 is 0 Å². The molecular formula is C13H18N2O2. The van der Waals surface area contributed by atoms with Gasteiger partial charge >= 0.3 is 0 Å². The fraction of sp³-hybridized carbons (Fsp3) is 0.615. The molecule has 4 nitrogen and oxygen atoms in total. The second-order valence-corrected chi connectivity index (χ2v) is 5.10. The van der Waals surface area contributed by atoms with Gasteiger partial charge in [0.2, 0.25) is 5.91 Å². The van der Waals surface area contributed by atoms with Gasteiger partial charge < -0.3 is 15.0 Å². The molecule has 0 aromatic carbocycles. The summed E-state index contributed by atoms with van der Waals surface area (Å²) in [5.41, 5.74) is 2.14. The minimum Gasteiger partial charge on any atom is -0.388 e. The first-order valence-corrected chi connectivity index (χ1v) is 6.39. The number of carbonyl (C=O) groups excluding carboxylic acids is 1. The van der Waals surface area contributed by atoms with Crippen LogP contribution in [0.3, 0.4) is 0 Å². The smallest absolute Gasteiger partial charge is 0.240 e. The van der Waals surface area contributed by atoms with E-state index in [2.05, 4.69) is 5.32 Å². The summed E-state index contributed by atoms with van der Waals surface area (Å²) >= 11 is 0. The number of nitrogens with one attached hydrogen (secondary N) is 1. The molecule has 1 saturated carbocycles. The van der Waals surface area contributed by atoms with Gasteiger partial charge in [-0.2, -0.15) is 0 Å². The largest absolute Gasteiger partial charge is 0.388 e. The third kappa shape index (κ3) is 2.22. The quantitative estimate of drug-likeness (QED) is 0.824. The molecule has 17 heavy (non-hydrogen) atoms. The van der Waals surface area contributed by atoms with Crippen molar-refractivity contribution in [3.63, 3.8) is 0 Å². The molecule has 1 atom stereocenters. The molecule has 1 aromatic heterocycles. The van der Waals surface area contributed by atoms with Crippen molar-refractivity contribution < 1.29 is 9.90 Å². The Kier molecular flexibility index (Phi) is 2.67. The summed E-state index contributed by atoms with van der Waals surface area (Å²) in [6.07, 6.45) is 6.63. The third-order valence-corrected chi connectivity index (χ3v) is 3.62. The standard InChI is InChI=1S/C13H18N2O2/c16-12-3-1-2-11-10(12)6-7-15(11)8-13(17)14-9-4-5-9/h6-7,9,12,16H,1-5,8H2,(H,14,17). The van der Waals surface area contributed by atoms with Crippen LogP contribution in [0.5, 0.6) is 0 Å². The van der Waals surface area contributed by atoms with Crippen LogP contribution in [0.1, 0.15) is 43.0 Å². The molecule has 3 rings (SSSR count). The van der Waals surface area contributed by atoms with Crippen molar-refractivity contribution in [2.24, 2.45) is 0 Å². The summed E-state index contributed by atoms with van der Waals surface area (Å²) in [5, 5.41) is 12.8. The first-order chi connectivity index (χ1) is 8.24. The maximum Gasteiger partial charge on any atom is 0.240 e. The van der Waals surface area contributed by atoms with Crippen molar-refractivity contribution in [3.05, 3.63) is 23.5 Å². The zero-order chi connectivity index (χ0) is 11.8. The molecular weight excluding hydrogens is 216 g/mol. The highest BCUT2D eigenvalue weighted by Gasteiger charge is 2.25. The van der Waals surface area contributed by atoms with E-state index in [1.807, 2.05) is 16.8 Å². The van der Waals surface area contributed by atoms with E-state index in [9.17, 15) is 9.90 Å². The molecule has 92 valence electrons. The van der Waals surface area contributed by atoms with Crippen molar-refractivity contribution in [3.8, 4) is 0 Å². The Morgan fingerprint density at radius 3 is 3.06 bits per heavy atom. The normalized spacial score (nSPS) is 23.2. The van der Waals surface area contributed by atoms with Gasteiger partial charge in [-0.15, -0.1) is 0 Å².